The van der Waals surface area contributed by atoms with Crippen LogP contribution in [0.2, 0.25) is 0 Å². The maximum atomic E-state index is 5.88. The molecule has 3 nitrogen and oxygen atoms in total. The van der Waals surface area contributed by atoms with Crippen molar-refractivity contribution in [2.75, 3.05) is 13.2 Å². The summed E-state index contributed by atoms with van der Waals surface area (Å²) in [6.07, 6.45) is 0.441. The summed E-state index contributed by atoms with van der Waals surface area (Å²) in [6, 6.07) is -0.114. The molecule has 0 aromatic rings. The molecule has 0 saturated heterocycles. The van der Waals surface area contributed by atoms with E-state index in [9.17, 15) is 0 Å². The Morgan fingerprint density at radius 1 is 1.31 bits per heavy atom. The lowest BCUT2D eigenvalue weighted by molar-refractivity contribution is -0.147. The van der Waals surface area contributed by atoms with Gasteiger partial charge in [0.25, 0.3) is 0 Å². The molecule has 0 aliphatic carbocycles. The lowest BCUT2D eigenvalue weighted by atomic mass is 10.1. The standard InChI is InChI=1S/C10H21NO2/c1-5-12-10(13-6-2)9(11)7-8(3)4/h9-10H,3,5-7,11H2,1-2,4H3. The summed E-state index contributed by atoms with van der Waals surface area (Å²) in [5.74, 6) is 0. The molecule has 78 valence electrons. The van der Waals surface area contributed by atoms with Crippen molar-refractivity contribution in [2.45, 2.75) is 39.5 Å². The van der Waals surface area contributed by atoms with Gasteiger partial charge in [-0.2, -0.15) is 0 Å². The molecule has 13 heavy (non-hydrogen) atoms. The zero-order valence-corrected chi connectivity index (χ0v) is 8.88. The SMILES string of the molecule is C=C(C)CC(N)C(OCC)OCC. The number of hydrogen-bond donors (Lipinski definition) is 1. The van der Waals surface area contributed by atoms with E-state index >= 15 is 0 Å². The molecule has 0 bridgehead atoms. The van der Waals surface area contributed by atoms with Gasteiger partial charge in [-0.05, 0) is 27.2 Å². The summed E-state index contributed by atoms with van der Waals surface area (Å²) in [5.41, 5.74) is 6.93. The fraction of sp³-hybridized carbons (Fsp3) is 0.800. The van der Waals surface area contributed by atoms with Crippen LogP contribution in [0, 0.1) is 0 Å². The first-order valence-corrected chi connectivity index (χ1v) is 4.74. The highest BCUT2D eigenvalue weighted by Gasteiger charge is 2.17. The van der Waals surface area contributed by atoms with Crippen molar-refractivity contribution in [2.24, 2.45) is 5.73 Å². The van der Waals surface area contributed by atoms with Gasteiger partial charge in [0, 0.05) is 13.2 Å². The number of hydrogen-bond acceptors (Lipinski definition) is 3. The van der Waals surface area contributed by atoms with E-state index in [0.29, 0.717) is 13.2 Å². The third-order valence-corrected chi connectivity index (χ3v) is 1.60. The van der Waals surface area contributed by atoms with E-state index < -0.39 is 0 Å². The second kappa shape index (κ2) is 7.06. The minimum atomic E-state index is -0.299. The Morgan fingerprint density at radius 3 is 2.08 bits per heavy atom. The third kappa shape index (κ3) is 5.80. The monoisotopic (exact) mass is 187 g/mol. The molecule has 0 aromatic heterocycles. The van der Waals surface area contributed by atoms with Gasteiger partial charge < -0.3 is 15.2 Å². The molecule has 1 unspecified atom stereocenters. The molecular weight excluding hydrogens is 166 g/mol. The van der Waals surface area contributed by atoms with Gasteiger partial charge in [0.15, 0.2) is 6.29 Å². The van der Waals surface area contributed by atoms with Gasteiger partial charge in [0.05, 0.1) is 6.04 Å². The van der Waals surface area contributed by atoms with Crippen LogP contribution in [0.1, 0.15) is 27.2 Å². The van der Waals surface area contributed by atoms with Crippen molar-refractivity contribution in [3.05, 3.63) is 12.2 Å². The first-order chi connectivity index (χ1) is 6.11. The molecule has 1 atom stereocenters. The Balaban J connectivity index is 3.93. The fourth-order valence-electron chi connectivity index (χ4n) is 1.12. The van der Waals surface area contributed by atoms with Crippen LogP contribution in [0.15, 0.2) is 12.2 Å². The lowest BCUT2D eigenvalue weighted by Gasteiger charge is -2.23. The number of ether oxygens (including phenoxy) is 2. The van der Waals surface area contributed by atoms with Gasteiger partial charge in [-0.25, -0.2) is 0 Å². The third-order valence-electron chi connectivity index (χ3n) is 1.60. The quantitative estimate of drug-likeness (QED) is 0.487. The van der Waals surface area contributed by atoms with Gasteiger partial charge in [-0.15, -0.1) is 6.58 Å². The predicted octanol–water partition coefficient (Wildman–Crippen LogP) is 1.68. The Hall–Kier alpha value is -0.380. The molecular formula is C10H21NO2. The van der Waals surface area contributed by atoms with E-state index in [2.05, 4.69) is 6.58 Å². The predicted molar refractivity (Wildman–Crippen MR) is 54.4 cm³/mol. The molecule has 0 spiro atoms. The molecule has 3 heteroatoms. The van der Waals surface area contributed by atoms with E-state index in [1.165, 1.54) is 0 Å². The van der Waals surface area contributed by atoms with E-state index in [-0.39, 0.29) is 12.3 Å². The van der Waals surface area contributed by atoms with Crippen LogP contribution >= 0.6 is 0 Å². The molecule has 0 aromatic carbocycles. The Labute approximate surface area is 80.9 Å². The largest absolute Gasteiger partial charge is 0.351 e. The topological polar surface area (TPSA) is 44.5 Å². The van der Waals surface area contributed by atoms with E-state index in [0.717, 1.165) is 12.0 Å². The second-order valence-corrected chi connectivity index (χ2v) is 3.10. The highest BCUT2D eigenvalue weighted by atomic mass is 16.7. The van der Waals surface area contributed by atoms with Crippen molar-refractivity contribution in [1.82, 2.24) is 0 Å². The first kappa shape index (κ1) is 12.6. The van der Waals surface area contributed by atoms with Crippen LogP contribution in [-0.2, 0) is 9.47 Å². The summed E-state index contributed by atoms with van der Waals surface area (Å²) in [4.78, 5) is 0. The van der Waals surface area contributed by atoms with Crippen molar-refractivity contribution < 1.29 is 9.47 Å². The van der Waals surface area contributed by atoms with Gasteiger partial charge in [-0.1, -0.05) is 5.57 Å². The van der Waals surface area contributed by atoms with Crippen LogP contribution in [0.25, 0.3) is 0 Å². The van der Waals surface area contributed by atoms with Gasteiger partial charge in [0.2, 0.25) is 0 Å². The molecule has 0 saturated carbocycles. The molecule has 0 aliphatic rings. The summed E-state index contributed by atoms with van der Waals surface area (Å²) < 4.78 is 10.7. The zero-order chi connectivity index (χ0) is 10.3. The molecule has 0 aliphatic heterocycles. The fourth-order valence-corrected chi connectivity index (χ4v) is 1.12. The Morgan fingerprint density at radius 2 is 1.77 bits per heavy atom. The summed E-state index contributed by atoms with van der Waals surface area (Å²) in [5, 5.41) is 0. The summed E-state index contributed by atoms with van der Waals surface area (Å²) in [7, 11) is 0. The highest BCUT2D eigenvalue weighted by Crippen LogP contribution is 2.08. The molecule has 0 fully saturated rings. The van der Waals surface area contributed by atoms with Crippen molar-refractivity contribution in [3.8, 4) is 0 Å². The van der Waals surface area contributed by atoms with Crippen LogP contribution in [0.3, 0.4) is 0 Å². The molecule has 0 amide bonds. The van der Waals surface area contributed by atoms with Gasteiger partial charge >= 0.3 is 0 Å². The average Bonchev–Trinajstić information content (AvgIpc) is 2.02. The maximum absolute atomic E-state index is 5.88. The first-order valence-electron chi connectivity index (χ1n) is 4.74. The minimum absolute atomic E-state index is 0.114. The summed E-state index contributed by atoms with van der Waals surface area (Å²) in [6.45, 7) is 10.9. The van der Waals surface area contributed by atoms with Gasteiger partial charge in [-0.3, -0.25) is 0 Å². The number of nitrogens with two attached hydrogens (primary N) is 1. The highest BCUT2D eigenvalue weighted by molar-refractivity contribution is 4.92. The van der Waals surface area contributed by atoms with Crippen LogP contribution in [0.5, 0.6) is 0 Å². The molecule has 0 heterocycles. The van der Waals surface area contributed by atoms with E-state index in [4.69, 9.17) is 15.2 Å². The van der Waals surface area contributed by atoms with Gasteiger partial charge in [0.1, 0.15) is 0 Å². The van der Waals surface area contributed by atoms with E-state index in [1.54, 1.807) is 0 Å². The number of rotatable bonds is 7. The Kier molecular flexibility index (Phi) is 6.86. The lowest BCUT2D eigenvalue weighted by Crippen LogP contribution is -2.39. The molecule has 0 radical (unpaired) electrons. The van der Waals surface area contributed by atoms with Crippen molar-refractivity contribution >= 4 is 0 Å². The average molecular weight is 187 g/mol. The molecule has 0 rings (SSSR count). The second-order valence-electron chi connectivity index (χ2n) is 3.10. The zero-order valence-electron chi connectivity index (χ0n) is 8.88. The smallest absolute Gasteiger partial charge is 0.172 e. The van der Waals surface area contributed by atoms with E-state index in [1.807, 2.05) is 20.8 Å². The summed E-state index contributed by atoms with van der Waals surface area (Å²) >= 11 is 0. The van der Waals surface area contributed by atoms with Crippen molar-refractivity contribution in [3.63, 3.8) is 0 Å². The van der Waals surface area contributed by atoms with Crippen LogP contribution < -0.4 is 5.73 Å². The van der Waals surface area contributed by atoms with Crippen LogP contribution in [-0.4, -0.2) is 25.5 Å². The Bertz CT molecular complexity index is 142. The minimum Gasteiger partial charge on any atom is -0.351 e. The van der Waals surface area contributed by atoms with Crippen LogP contribution in [0.4, 0.5) is 0 Å². The maximum Gasteiger partial charge on any atom is 0.172 e. The normalized spacial score (nSPS) is 13.3. The van der Waals surface area contributed by atoms with Crippen molar-refractivity contribution in [1.29, 1.82) is 0 Å². The molecule has 2 N–H and O–H groups in total.